The number of hydrogen-bond donors (Lipinski definition) is 1. The smallest absolute Gasteiger partial charge is 0.359 e. The van der Waals surface area contributed by atoms with Gasteiger partial charge in [0.05, 0.1) is 5.69 Å². The van der Waals surface area contributed by atoms with Crippen LogP contribution in [0.25, 0.3) is 33.2 Å². The first-order valence-corrected chi connectivity index (χ1v) is 12.1. The van der Waals surface area contributed by atoms with Gasteiger partial charge in [0.25, 0.3) is 0 Å². The second kappa shape index (κ2) is 9.28. The van der Waals surface area contributed by atoms with Gasteiger partial charge >= 0.3 is 5.97 Å². The van der Waals surface area contributed by atoms with Gasteiger partial charge in [-0.25, -0.2) is 9.78 Å². The number of ether oxygens (including phenoxy) is 1. The largest absolute Gasteiger partial charge is 0.455 e. The van der Waals surface area contributed by atoms with Crippen LogP contribution in [0.4, 0.5) is 5.69 Å². The van der Waals surface area contributed by atoms with Crippen molar-refractivity contribution in [2.45, 2.75) is 39.8 Å². The van der Waals surface area contributed by atoms with Crippen molar-refractivity contribution in [3.8, 4) is 11.1 Å². The molecule has 0 aliphatic rings. The molecule has 0 radical (unpaired) electrons. The number of nitrogens with one attached hydrogen (secondary N) is 1. The number of rotatable bonds is 5. The summed E-state index contributed by atoms with van der Waals surface area (Å²) in [4.78, 5) is 21.7. The molecule has 7 heteroatoms. The lowest BCUT2D eigenvalue weighted by Crippen LogP contribution is -2.25. The van der Waals surface area contributed by atoms with Gasteiger partial charge in [-0.2, -0.15) is 0 Å². The van der Waals surface area contributed by atoms with Crippen molar-refractivity contribution in [3.05, 3.63) is 88.8 Å². The molecule has 0 amide bonds. The molecule has 0 aliphatic carbocycles. The maximum absolute atomic E-state index is 12.8. The highest BCUT2D eigenvalue weighted by atomic mass is 35.5. The summed E-state index contributed by atoms with van der Waals surface area (Å²) in [6.07, 6.45) is 1.81. The molecule has 36 heavy (non-hydrogen) atoms. The SMILES string of the molecule is Cc1cc(CNc2ccc(Cl)nc2C(=O)OC(C)(C)C)c2oc3c(-c4ccccc4)ccnc3c2c1. The highest BCUT2D eigenvalue weighted by Crippen LogP contribution is 2.36. The number of benzene rings is 2. The molecule has 0 atom stereocenters. The highest BCUT2D eigenvalue weighted by molar-refractivity contribution is 6.29. The number of fused-ring (bicyclic) bond motifs is 3. The van der Waals surface area contributed by atoms with Crippen LogP contribution in [0.5, 0.6) is 0 Å². The van der Waals surface area contributed by atoms with E-state index < -0.39 is 11.6 Å². The summed E-state index contributed by atoms with van der Waals surface area (Å²) in [5, 5.41) is 4.50. The summed E-state index contributed by atoms with van der Waals surface area (Å²) in [6, 6.07) is 19.6. The quantitative estimate of drug-likeness (QED) is 0.198. The van der Waals surface area contributed by atoms with Gasteiger partial charge in [0, 0.05) is 29.3 Å². The Labute approximate surface area is 214 Å². The molecular formula is C29H26ClN3O3. The second-order valence-corrected chi connectivity index (χ2v) is 10.1. The van der Waals surface area contributed by atoms with E-state index in [4.69, 9.17) is 20.8 Å². The predicted octanol–water partition coefficient (Wildman–Crippen LogP) is 7.57. The molecule has 5 rings (SSSR count). The van der Waals surface area contributed by atoms with Crippen LogP contribution < -0.4 is 5.32 Å². The Morgan fingerprint density at radius 1 is 1.06 bits per heavy atom. The number of hydrogen-bond acceptors (Lipinski definition) is 6. The van der Waals surface area contributed by atoms with E-state index in [2.05, 4.69) is 39.6 Å². The van der Waals surface area contributed by atoms with E-state index in [1.807, 2.05) is 58.2 Å². The lowest BCUT2D eigenvalue weighted by Gasteiger charge is -2.20. The van der Waals surface area contributed by atoms with Crippen molar-refractivity contribution in [3.63, 3.8) is 0 Å². The summed E-state index contributed by atoms with van der Waals surface area (Å²) < 4.78 is 12.0. The number of carbonyl (C=O) groups excluding carboxylic acids is 1. The van der Waals surface area contributed by atoms with Crippen LogP contribution in [0.2, 0.25) is 5.15 Å². The molecule has 6 nitrogen and oxygen atoms in total. The molecule has 0 bridgehead atoms. The van der Waals surface area contributed by atoms with Gasteiger partial charge in [0.2, 0.25) is 0 Å². The van der Waals surface area contributed by atoms with Crippen LogP contribution in [0.3, 0.4) is 0 Å². The average molecular weight is 500 g/mol. The number of carbonyl (C=O) groups is 1. The van der Waals surface area contributed by atoms with Gasteiger partial charge in [-0.15, -0.1) is 0 Å². The van der Waals surface area contributed by atoms with E-state index in [0.717, 1.165) is 44.3 Å². The van der Waals surface area contributed by atoms with Crippen molar-refractivity contribution in [1.82, 2.24) is 9.97 Å². The molecule has 0 saturated heterocycles. The third-order valence-electron chi connectivity index (χ3n) is 5.68. The Hall–Kier alpha value is -3.90. The second-order valence-electron chi connectivity index (χ2n) is 9.69. The Morgan fingerprint density at radius 2 is 1.83 bits per heavy atom. The molecule has 0 spiro atoms. The van der Waals surface area contributed by atoms with E-state index in [9.17, 15) is 4.79 Å². The zero-order valence-corrected chi connectivity index (χ0v) is 21.3. The Kier molecular flexibility index (Phi) is 6.14. The Morgan fingerprint density at radius 3 is 2.58 bits per heavy atom. The fraction of sp³-hybridized carbons (Fsp3) is 0.207. The summed E-state index contributed by atoms with van der Waals surface area (Å²) in [6.45, 7) is 7.87. The normalized spacial score (nSPS) is 11.7. The Bertz CT molecular complexity index is 1590. The van der Waals surface area contributed by atoms with Gasteiger partial charge in [-0.05, 0) is 63.1 Å². The molecule has 1 N–H and O–H groups in total. The zero-order valence-electron chi connectivity index (χ0n) is 20.6. The van der Waals surface area contributed by atoms with Crippen molar-refractivity contribution < 1.29 is 13.9 Å². The number of aromatic nitrogens is 2. The molecule has 0 saturated carbocycles. The van der Waals surface area contributed by atoms with Gasteiger partial charge < -0.3 is 14.5 Å². The van der Waals surface area contributed by atoms with Crippen LogP contribution >= 0.6 is 11.6 Å². The zero-order chi connectivity index (χ0) is 25.4. The van der Waals surface area contributed by atoms with Crippen molar-refractivity contribution >= 4 is 45.3 Å². The average Bonchev–Trinajstić information content (AvgIpc) is 3.21. The number of halogens is 1. The van der Waals surface area contributed by atoms with Crippen LogP contribution in [0.15, 0.2) is 71.3 Å². The number of esters is 1. The molecule has 182 valence electrons. The molecule has 3 aromatic heterocycles. The lowest BCUT2D eigenvalue weighted by molar-refractivity contribution is 0.00640. The molecule has 0 fully saturated rings. The topological polar surface area (TPSA) is 77.2 Å². The number of nitrogens with zero attached hydrogens (tertiary/aromatic N) is 2. The predicted molar refractivity (Wildman–Crippen MR) is 143 cm³/mol. The number of aryl methyl sites for hydroxylation is 1. The maximum atomic E-state index is 12.8. The lowest BCUT2D eigenvalue weighted by atomic mass is 10.0. The molecule has 0 aliphatic heterocycles. The number of furan rings is 1. The maximum Gasteiger partial charge on any atom is 0.359 e. The van der Waals surface area contributed by atoms with Gasteiger partial charge in [0.1, 0.15) is 21.9 Å². The van der Waals surface area contributed by atoms with Crippen LogP contribution in [0.1, 0.15) is 42.4 Å². The fourth-order valence-corrected chi connectivity index (χ4v) is 4.36. The number of pyridine rings is 2. The van der Waals surface area contributed by atoms with E-state index in [-0.39, 0.29) is 10.8 Å². The minimum absolute atomic E-state index is 0.138. The molecule has 0 unspecified atom stereocenters. The first kappa shape index (κ1) is 23.8. The standard InChI is InChI=1S/C29H26ClN3O3/c1-17-14-19(16-32-22-10-11-23(30)33-25(22)28(34)36-29(2,3)4)26-21(15-17)24-27(35-26)20(12-13-31-24)18-8-6-5-7-9-18/h5-15,32H,16H2,1-4H3. The van der Waals surface area contributed by atoms with Gasteiger partial charge in [0.15, 0.2) is 11.3 Å². The monoisotopic (exact) mass is 499 g/mol. The molecule has 3 heterocycles. The van der Waals surface area contributed by atoms with Crippen molar-refractivity contribution in [1.29, 1.82) is 0 Å². The summed E-state index contributed by atoms with van der Waals surface area (Å²) in [7, 11) is 0. The number of anilines is 1. The molecule has 2 aromatic carbocycles. The molecular weight excluding hydrogens is 474 g/mol. The van der Waals surface area contributed by atoms with E-state index in [1.54, 1.807) is 12.1 Å². The van der Waals surface area contributed by atoms with Gasteiger partial charge in [-0.1, -0.05) is 48.0 Å². The fourth-order valence-electron chi connectivity index (χ4n) is 4.22. The minimum Gasteiger partial charge on any atom is -0.455 e. The third-order valence-corrected chi connectivity index (χ3v) is 5.89. The minimum atomic E-state index is -0.654. The third kappa shape index (κ3) is 4.77. The molecule has 5 aromatic rings. The summed E-state index contributed by atoms with van der Waals surface area (Å²) >= 11 is 6.09. The van der Waals surface area contributed by atoms with E-state index in [0.29, 0.717) is 12.2 Å². The van der Waals surface area contributed by atoms with Crippen LogP contribution in [-0.4, -0.2) is 21.5 Å². The highest BCUT2D eigenvalue weighted by Gasteiger charge is 2.23. The van der Waals surface area contributed by atoms with Crippen LogP contribution in [-0.2, 0) is 11.3 Å². The van der Waals surface area contributed by atoms with Gasteiger partial charge in [-0.3, -0.25) is 4.98 Å². The first-order chi connectivity index (χ1) is 17.2. The van der Waals surface area contributed by atoms with Crippen molar-refractivity contribution in [2.75, 3.05) is 5.32 Å². The summed E-state index contributed by atoms with van der Waals surface area (Å²) in [5.41, 5.74) is 6.40. The Balaban J connectivity index is 1.55. The van der Waals surface area contributed by atoms with E-state index >= 15 is 0 Å². The first-order valence-electron chi connectivity index (χ1n) is 11.7. The van der Waals surface area contributed by atoms with Crippen molar-refractivity contribution in [2.24, 2.45) is 0 Å². The van der Waals surface area contributed by atoms with E-state index in [1.165, 1.54) is 0 Å². The van der Waals surface area contributed by atoms with Crippen LogP contribution in [0, 0.1) is 6.92 Å². The summed E-state index contributed by atoms with van der Waals surface area (Å²) in [5.74, 6) is -0.540.